The summed E-state index contributed by atoms with van der Waals surface area (Å²) in [6, 6.07) is 13.9. The van der Waals surface area contributed by atoms with Crippen molar-refractivity contribution in [2.75, 3.05) is 7.11 Å². The van der Waals surface area contributed by atoms with Crippen LogP contribution >= 0.6 is 0 Å². The lowest BCUT2D eigenvalue weighted by Gasteiger charge is -2.05. The highest BCUT2D eigenvalue weighted by Gasteiger charge is 2.14. The molecule has 0 bridgehead atoms. The molecule has 0 aliphatic heterocycles. The third kappa shape index (κ3) is 4.05. The van der Waals surface area contributed by atoms with Crippen LogP contribution in [0.2, 0.25) is 0 Å². The lowest BCUT2D eigenvalue weighted by atomic mass is 10.1. The first kappa shape index (κ1) is 14.5. The second kappa shape index (κ2) is 7.06. The summed E-state index contributed by atoms with van der Waals surface area (Å²) in [6.45, 7) is 0. The predicted octanol–water partition coefficient (Wildman–Crippen LogP) is 3.72. The first-order valence-electron chi connectivity index (χ1n) is 6.50. The second-order valence-electron chi connectivity index (χ2n) is 4.38. The van der Waals surface area contributed by atoms with Crippen molar-refractivity contribution < 1.29 is 14.3 Å². The molecule has 0 saturated heterocycles. The standard InChI is InChI=1S/C16H15N2O3/c1-20-13-7-9-14(10-8-13)21-16(19)11-6-12-4-2-3-5-15(12)18-17/h2-5,7-10H,6,11H2,1H3/q+1. The van der Waals surface area contributed by atoms with Gasteiger partial charge in [-0.1, -0.05) is 18.2 Å². The molecular weight excluding hydrogens is 268 g/mol. The Morgan fingerprint density at radius 3 is 2.43 bits per heavy atom. The Hall–Kier alpha value is -2.87. The highest BCUT2D eigenvalue weighted by molar-refractivity contribution is 5.73. The molecule has 2 aromatic carbocycles. The number of methoxy groups -OCH3 is 1. The summed E-state index contributed by atoms with van der Waals surface area (Å²) < 4.78 is 10.3. The second-order valence-corrected chi connectivity index (χ2v) is 4.38. The molecule has 0 radical (unpaired) electrons. The van der Waals surface area contributed by atoms with Gasteiger partial charge in [-0.2, -0.15) is 0 Å². The van der Waals surface area contributed by atoms with Crippen LogP contribution in [0.4, 0.5) is 5.69 Å². The first-order valence-corrected chi connectivity index (χ1v) is 6.50. The van der Waals surface area contributed by atoms with E-state index in [0.29, 0.717) is 23.6 Å². The maximum absolute atomic E-state index is 11.8. The van der Waals surface area contributed by atoms with Crippen LogP contribution in [-0.4, -0.2) is 13.1 Å². The minimum Gasteiger partial charge on any atom is -0.497 e. The molecule has 21 heavy (non-hydrogen) atoms. The van der Waals surface area contributed by atoms with E-state index in [-0.39, 0.29) is 12.4 Å². The van der Waals surface area contributed by atoms with Gasteiger partial charge in [-0.25, -0.2) is 0 Å². The van der Waals surface area contributed by atoms with E-state index in [1.165, 1.54) is 0 Å². The van der Waals surface area contributed by atoms with Gasteiger partial charge < -0.3 is 9.47 Å². The van der Waals surface area contributed by atoms with E-state index in [2.05, 4.69) is 4.98 Å². The molecule has 0 N–H and O–H groups in total. The largest absolute Gasteiger partial charge is 0.497 e. The van der Waals surface area contributed by atoms with Gasteiger partial charge in [-0.3, -0.25) is 4.79 Å². The minimum absolute atomic E-state index is 0.207. The van der Waals surface area contributed by atoms with E-state index in [1.807, 2.05) is 12.1 Å². The highest BCUT2D eigenvalue weighted by atomic mass is 16.5. The van der Waals surface area contributed by atoms with Crippen molar-refractivity contribution in [2.24, 2.45) is 0 Å². The molecule has 2 rings (SSSR count). The monoisotopic (exact) mass is 283 g/mol. The molecule has 5 heteroatoms. The van der Waals surface area contributed by atoms with Crippen LogP contribution in [0.15, 0.2) is 48.5 Å². The van der Waals surface area contributed by atoms with Crippen LogP contribution in [0.1, 0.15) is 12.0 Å². The lowest BCUT2D eigenvalue weighted by molar-refractivity contribution is -0.134. The molecule has 0 saturated carbocycles. The fourth-order valence-corrected chi connectivity index (χ4v) is 1.88. The quantitative estimate of drug-likeness (QED) is 0.476. The molecular formula is C16H15N2O3+. The summed E-state index contributed by atoms with van der Waals surface area (Å²) in [5.41, 5.74) is 1.27. The number of ether oxygens (including phenoxy) is 2. The molecule has 5 nitrogen and oxygen atoms in total. The smallest absolute Gasteiger partial charge is 0.388 e. The molecule has 0 aliphatic rings. The lowest BCUT2D eigenvalue weighted by Crippen LogP contribution is -2.09. The van der Waals surface area contributed by atoms with Gasteiger partial charge >= 0.3 is 11.7 Å². The number of hydrogen-bond donors (Lipinski definition) is 0. The predicted molar refractivity (Wildman–Crippen MR) is 78.1 cm³/mol. The van der Waals surface area contributed by atoms with Crippen LogP contribution in [0.25, 0.3) is 4.98 Å². The molecule has 0 spiro atoms. The van der Waals surface area contributed by atoms with Crippen LogP contribution in [-0.2, 0) is 11.2 Å². The Morgan fingerprint density at radius 1 is 1.10 bits per heavy atom. The minimum atomic E-state index is -0.340. The third-order valence-electron chi connectivity index (χ3n) is 2.99. The normalized spacial score (nSPS) is 9.71. The van der Waals surface area contributed by atoms with Gasteiger partial charge in [0.15, 0.2) is 4.98 Å². The number of rotatable bonds is 5. The zero-order chi connectivity index (χ0) is 15.1. The summed E-state index contributed by atoms with van der Waals surface area (Å²) in [5, 5.41) is 8.87. The summed E-state index contributed by atoms with van der Waals surface area (Å²) in [6.07, 6.45) is 0.660. The summed E-state index contributed by atoms with van der Waals surface area (Å²) in [7, 11) is 1.57. The SMILES string of the molecule is COc1ccc(OC(=O)CCc2ccccc2[N+]#N)cc1. The number of carbonyl (C=O) groups excluding carboxylic acids is 1. The van der Waals surface area contributed by atoms with Gasteiger partial charge in [-0.05, 0) is 30.7 Å². The van der Waals surface area contributed by atoms with Crippen molar-refractivity contribution in [2.45, 2.75) is 12.8 Å². The van der Waals surface area contributed by atoms with E-state index in [9.17, 15) is 4.79 Å². The Kier molecular flexibility index (Phi) is 4.89. The number of nitrogens with zero attached hydrogens (tertiary/aromatic N) is 2. The average Bonchev–Trinajstić information content (AvgIpc) is 2.54. The number of hydrogen-bond acceptors (Lipinski definition) is 4. The van der Waals surface area contributed by atoms with Gasteiger partial charge in [0.1, 0.15) is 11.5 Å². The topological polar surface area (TPSA) is 63.7 Å². The summed E-state index contributed by atoms with van der Waals surface area (Å²) in [4.78, 5) is 15.0. The first-order chi connectivity index (χ1) is 10.2. The zero-order valence-electron chi connectivity index (χ0n) is 11.7. The summed E-state index contributed by atoms with van der Waals surface area (Å²) in [5.74, 6) is 0.835. The maximum atomic E-state index is 11.8. The molecule has 0 fully saturated rings. The van der Waals surface area contributed by atoms with Gasteiger partial charge in [0.05, 0.1) is 13.5 Å². The third-order valence-corrected chi connectivity index (χ3v) is 2.99. The molecule has 0 heterocycles. The van der Waals surface area contributed by atoms with Gasteiger partial charge in [-0.15, -0.1) is 0 Å². The molecule has 0 aliphatic carbocycles. The maximum Gasteiger partial charge on any atom is 0.388 e. The number of benzene rings is 2. The summed E-state index contributed by atoms with van der Waals surface area (Å²) >= 11 is 0. The number of aryl methyl sites for hydroxylation is 1. The number of carbonyl (C=O) groups is 1. The van der Waals surface area contributed by atoms with E-state index < -0.39 is 0 Å². The van der Waals surface area contributed by atoms with Crippen molar-refractivity contribution in [3.8, 4) is 11.5 Å². The van der Waals surface area contributed by atoms with E-state index in [4.69, 9.17) is 14.9 Å². The van der Waals surface area contributed by atoms with Crippen molar-refractivity contribution in [1.29, 1.82) is 5.39 Å². The van der Waals surface area contributed by atoms with Crippen LogP contribution in [0.5, 0.6) is 11.5 Å². The fourth-order valence-electron chi connectivity index (χ4n) is 1.88. The Morgan fingerprint density at radius 2 is 1.76 bits per heavy atom. The Balaban J connectivity index is 1.91. The highest BCUT2D eigenvalue weighted by Crippen LogP contribution is 2.21. The molecule has 0 aromatic heterocycles. The molecule has 0 atom stereocenters. The van der Waals surface area contributed by atoms with E-state index >= 15 is 0 Å². The van der Waals surface area contributed by atoms with E-state index in [0.717, 1.165) is 5.56 Å². The van der Waals surface area contributed by atoms with Crippen molar-refractivity contribution in [3.05, 3.63) is 59.1 Å². The Bertz CT molecular complexity index is 660. The average molecular weight is 283 g/mol. The van der Waals surface area contributed by atoms with Crippen LogP contribution < -0.4 is 9.47 Å². The Labute approximate surface area is 122 Å². The molecule has 0 unspecified atom stereocenters. The number of esters is 1. The van der Waals surface area contributed by atoms with E-state index in [1.54, 1.807) is 43.5 Å². The van der Waals surface area contributed by atoms with Gasteiger partial charge in [0.25, 0.3) is 0 Å². The molecule has 0 amide bonds. The van der Waals surface area contributed by atoms with Crippen molar-refractivity contribution >= 4 is 11.7 Å². The van der Waals surface area contributed by atoms with Crippen molar-refractivity contribution in [3.63, 3.8) is 0 Å². The van der Waals surface area contributed by atoms with Crippen LogP contribution in [0, 0.1) is 5.39 Å². The van der Waals surface area contributed by atoms with Crippen molar-refractivity contribution in [1.82, 2.24) is 0 Å². The van der Waals surface area contributed by atoms with Gasteiger partial charge in [0, 0.05) is 11.6 Å². The van der Waals surface area contributed by atoms with Gasteiger partial charge in [0.2, 0.25) is 5.39 Å². The zero-order valence-corrected chi connectivity index (χ0v) is 11.7. The fraction of sp³-hybridized carbons (Fsp3) is 0.188. The molecule has 106 valence electrons. The number of diazo groups is 1. The van der Waals surface area contributed by atoms with Crippen LogP contribution in [0.3, 0.4) is 0 Å². The molecule has 2 aromatic rings.